The molecule has 0 aliphatic heterocycles. The Bertz CT molecular complexity index is 585. The molecule has 0 saturated heterocycles. The van der Waals surface area contributed by atoms with Gasteiger partial charge in [-0.3, -0.25) is 0 Å². The molecule has 4 aliphatic rings. The van der Waals surface area contributed by atoms with E-state index >= 15 is 0 Å². The molecule has 108 valence electrons. The van der Waals surface area contributed by atoms with Gasteiger partial charge in [-0.25, -0.2) is 0 Å². The van der Waals surface area contributed by atoms with Gasteiger partial charge in [-0.1, -0.05) is 30.3 Å². The topological polar surface area (TPSA) is 49.8 Å². The third kappa shape index (κ3) is 1.99. The Morgan fingerprint density at radius 2 is 1.52 bits per heavy atom. The van der Waals surface area contributed by atoms with E-state index in [9.17, 15) is 5.26 Å². The first-order valence-electron chi connectivity index (χ1n) is 8.16. The van der Waals surface area contributed by atoms with Gasteiger partial charge in [-0.2, -0.15) is 5.26 Å². The van der Waals surface area contributed by atoms with Crippen LogP contribution >= 0.6 is 0 Å². The SMILES string of the molecule is N#C/C(=C(/N)C12CC3CC(CC(C3)C1)C2)c1ccccc1. The van der Waals surface area contributed by atoms with Crippen molar-refractivity contribution in [3.8, 4) is 6.07 Å². The maximum absolute atomic E-state index is 9.66. The number of nitriles is 1. The molecule has 0 spiro atoms. The molecule has 0 atom stereocenters. The molecule has 0 radical (unpaired) electrons. The van der Waals surface area contributed by atoms with Crippen LogP contribution in [0.4, 0.5) is 0 Å². The summed E-state index contributed by atoms with van der Waals surface area (Å²) >= 11 is 0. The maximum Gasteiger partial charge on any atom is 0.102 e. The van der Waals surface area contributed by atoms with Crippen molar-refractivity contribution in [2.45, 2.75) is 38.5 Å². The molecule has 4 fully saturated rings. The minimum atomic E-state index is 0.121. The largest absolute Gasteiger partial charge is 0.400 e. The summed E-state index contributed by atoms with van der Waals surface area (Å²) in [7, 11) is 0. The molecule has 1 aromatic rings. The predicted molar refractivity (Wildman–Crippen MR) is 83.8 cm³/mol. The van der Waals surface area contributed by atoms with E-state index in [0.717, 1.165) is 34.6 Å². The summed E-state index contributed by atoms with van der Waals surface area (Å²) in [5, 5.41) is 9.66. The van der Waals surface area contributed by atoms with E-state index in [1.54, 1.807) is 0 Å². The van der Waals surface area contributed by atoms with Crippen LogP contribution in [0.25, 0.3) is 5.57 Å². The molecule has 0 heterocycles. The van der Waals surface area contributed by atoms with Gasteiger partial charge in [0.05, 0.1) is 5.57 Å². The van der Waals surface area contributed by atoms with E-state index in [1.807, 2.05) is 30.3 Å². The zero-order valence-electron chi connectivity index (χ0n) is 12.4. The summed E-state index contributed by atoms with van der Waals surface area (Å²) in [5.74, 6) is 2.56. The van der Waals surface area contributed by atoms with Crippen molar-refractivity contribution in [2.75, 3.05) is 0 Å². The molecule has 2 heteroatoms. The summed E-state index contributed by atoms with van der Waals surface area (Å²) in [6, 6.07) is 12.4. The average molecular weight is 278 g/mol. The van der Waals surface area contributed by atoms with E-state index in [4.69, 9.17) is 5.73 Å². The fourth-order valence-corrected chi connectivity index (χ4v) is 5.59. The first-order valence-corrected chi connectivity index (χ1v) is 8.16. The van der Waals surface area contributed by atoms with Gasteiger partial charge < -0.3 is 5.73 Å². The van der Waals surface area contributed by atoms with E-state index < -0.39 is 0 Å². The highest BCUT2D eigenvalue weighted by molar-refractivity contribution is 5.79. The van der Waals surface area contributed by atoms with Crippen LogP contribution in [0.3, 0.4) is 0 Å². The summed E-state index contributed by atoms with van der Waals surface area (Å²) in [5.41, 5.74) is 9.32. The van der Waals surface area contributed by atoms with Crippen molar-refractivity contribution in [3.05, 3.63) is 41.6 Å². The van der Waals surface area contributed by atoms with Crippen LogP contribution in [0, 0.1) is 34.5 Å². The minimum Gasteiger partial charge on any atom is -0.400 e. The van der Waals surface area contributed by atoms with Gasteiger partial charge in [0.25, 0.3) is 0 Å². The second kappa shape index (κ2) is 4.63. The second-order valence-electron chi connectivity index (χ2n) is 7.46. The van der Waals surface area contributed by atoms with Crippen LogP contribution < -0.4 is 5.73 Å². The number of hydrogen-bond donors (Lipinski definition) is 1. The van der Waals surface area contributed by atoms with Gasteiger partial charge in [-0.05, 0) is 61.8 Å². The molecule has 1 aromatic carbocycles. The number of hydrogen-bond acceptors (Lipinski definition) is 2. The van der Waals surface area contributed by atoms with Crippen LogP contribution in [0.15, 0.2) is 36.0 Å². The molecule has 4 aliphatic carbocycles. The normalized spacial score (nSPS) is 38.0. The van der Waals surface area contributed by atoms with E-state index in [2.05, 4.69) is 6.07 Å². The van der Waals surface area contributed by atoms with Gasteiger partial charge in [0.1, 0.15) is 6.07 Å². The number of nitrogens with two attached hydrogens (primary N) is 1. The Kier molecular flexibility index (Phi) is 2.85. The van der Waals surface area contributed by atoms with Gasteiger partial charge in [-0.15, -0.1) is 0 Å². The monoisotopic (exact) mass is 278 g/mol. The molecule has 4 saturated carbocycles. The standard InChI is InChI=1S/C19H22N2/c20-12-17(16-4-2-1-3-5-16)18(21)19-9-13-6-14(10-19)8-15(7-13)11-19/h1-5,13-15H,6-11,21H2/b18-17-. The van der Waals surface area contributed by atoms with Crippen molar-refractivity contribution >= 4 is 5.57 Å². The lowest BCUT2D eigenvalue weighted by atomic mass is 9.48. The zero-order valence-corrected chi connectivity index (χ0v) is 12.4. The summed E-state index contributed by atoms with van der Waals surface area (Å²) in [6.45, 7) is 0. The highest BCUT2D eigenvalue weighted by Gasteiger charge is 2.52. The minimum absolute atomic E-state index is 0.121. The van der Waals surface area contributed by atoms with Gasteiger partial charge >= 0.3 is 0 Å². The molecule has 0 unspecified atom stereocenters. The van der Waals surface area contributed by atoms with Gasteiger partial charge in [0.2, 0.25) is 0 Å². The number of nitrogens with zero attached hydrogens (tertiary/aromatic N) is 1. The smallest absolute Gasteiger partial charge is 0.102 e. The van der Waals surface area contributed by atoms with E-state index in [0.29, 0.717) is 0 Å². The van der Waals surface area contributed by atoms with Crippen molar-refractivity contribution in [1.82, 2.24) is 0 Å². The summed E-state index contributed by atoms with van der Waals surface area (Å²) < 4.78 is 0. The summed E-state index contributed by atoms with van der Waals surface area (Å²) in [4.78, 5) is 0. The van der Waals surface area contributed by atoms with Crippen LogP contribution in [-0.4, -0.2) is 0 Å². The van der Waals surface area contributed by atoms with Crippen molar-refractivity contribution in [3.63, 3.8) is 0 Å². The highest BCUT2D eigenvalue weighted by atomic mass is 14.7. The fourth-order valence-electron chi connectivity index (χ4n) is 5.59. The molecule has 0 amide bonds. The Balaban J connectivity index is 1.78. The fraction of sp³-hybridized carbons (Fsp3) is 0.526. The Morgan fingerprint density at radius 3 is 2.00 bits per heavy atom. The van der Waals surface area contributed by atoms with Gasteiger partial charge in [0.15, 0.2) is 0 Å². The molecule has 21 heavy (non-hydrogen) atoms. The molecule has 2 N–H and O–H groups in total. The van der Waals surface area contributed by atoms with Crippen LogP contribution in [0.2, 0.25) is 0 Å². The Hall–Kier alpha value is -1.75. The Labute approximate surface area is 126 Å². The van der Waals surface area contributed by atoms with E-state index in [-0.39, 0.29) is 5.41 Å². The quantitative estimate of drug-likeness (QED) is 0.828. The predicted octanol–water partition coefficient (Wildman–Crippen LogP) is 4.10. The Morgan fingerprint density at radius 1 is 1.00 bits per heavy atom. The second-order valence-corrected chi connectivity index (χ2v) is 7.46. The summed E-state index contributed by atoms with van der Waals surface area (Å²) in [6.07, 6.45) is 7.84. The average Bonchev–Trinajstić information content (AvgIpc) is 2.47. The lowest BCUT2D eigenvalue weighted by molar-refractivity contribution is -0.0307. The van der Waals surface area contributed by atoms with Crippen molar-refractivity contribution in [1.29, 1.82) is 5.26 Å². The van der Waals surface area contributed by atoms with Crippen molar-refractivity contribution < 1.29 is 0 Å². The first-order chi connectivity index (χ1) is 10.2. The third-order valence-corrected chi connectivity index (χ3v) is 6.05. The number of rotatable bonds is 2. The lowest BCUT2D eigenvalue weighted by Gasteiger charge is -2.57. The maximum atomic E-state index is 9.66. The first kappa shape index (κ1) is 13.0. The number of allylic oxidation sites excluding steroid dienone is 2. The molecule has 0 aromatic heterocycles. The highest BCUT2D eigenvalue weighted by Crippen LogP contribution is 2.62. The molecule has 4 bridgehead atoms. The molecule has 2 nitrogen and oxygen atoms in total. The van der Waals surface area contributed by atoms with Crippen LogP contribution in [0.5, 0.6) is 0 Å². The number of benzene rings is 1. The van der Waals surface area contributed by atoms with Crippen LogP contribution in [0.1, 0.15) is 44.1 Å². The lowest BCUT2D eigenvalue weighted by Crippen LogP contribution is -2.48. The molecular formula is C19H22N2. The van der Waals surface area contributed by atoms with Crippen LogP contribution in [-0.2, 0) is 0 Å². The van der Waals surface area contributed by atoms with E-state index in [1.165, 1.54) is 38.5 Å². The van der Waals surface area contributed by atoms with Gasteiger partial charge in [0, 0.05) is 11.1 Å². The molecular weight excluding hydrogens is 256 g/mol. The third-order valence-electron chi connectivity index (χ3n) is 6.05. The zero-order chi connectivity index (χ0) is 14.4. The van der Waals surface area contributed by atoms with Crippen molar-refractivity contribution in [2.24, 2.45) is 28.9 Å². The molecule has 5 rings (SSSR count).